The van der Waals surface area contributed by atoms with E-state index in [4.69, 9.17) is 15.5 Å². The molecule has 0 saturated heterocycles. The Bertz CT molecular complexity index is 692. The molecule has 0 amide bonds. The van der Waals surface area contributed by atoms with E-state index in [-0.39, 0.29) is 17.4 Å². The predicted molar refractivity (Wildman–Crippen MR) is 84.9 cm³/mol. The summed E-state index contributed by atoms with van der Waals surface area (Å²) in [5.41, 5.74) is 9.09. The zero-order chi connectivity index (χ0) is 14.6. The van der Waals surface area contributed by atoms with Crippen molar-refractivity contribution in [1.29, 1.82) is 0 Å². The molecule has 21 heavy (non-hydrogen) atoms. The molecule has 2 aliphatic rings. The summed E-state index contributed by atoms with van der Waals surface area (Å²) >= 11 is 1.79. The fourth-order valence-corrected chi connectivity index (χ4v) is 4.72. The van der Waals surface area contributed by atoms with E-state index in [0.29, 0.717) is 6.61 Å². The number of fused-ring (bicyclic) bond motifs is 2. The second kappa shape index (κ2) is 4.55. The summed E-state index contributed by atoms with van der Waals surface area (Å²) in [6.45, 7) is 5.26. The van der Waals surface area contributed by atoms with Crippen molar-refractivity contribution >= 4 is 11.3 Å². The first-order chi connectivity index (χ1) is 10.0. The van der Waals surface area contributed by atoms with E-state index in [2.05, 4.69) is 26.0 Å². The molecule has 0 bridgehead atoms. The number of nitrogens with two attached hydrogens (primary N) is 1. The summed E-state index contributed by atoms with van der Waals surface area (Å²) in [4.78, 5) is 6.22. The third-order valence-corrected chi connectivity index (χ3v) is 5.84. The van der Waals surface area contributed by atoms with Gasteiger partial charge in [0, 0.05) is 16.5 Å². The minimum Gasteiger partial charge on any atom is -0.492 e. The lowest BCUT2D eigenvalue weighted by molar-refractivity contribution is 0.282. The number of para-hydroxylation sites is 1. The molecule has 0 saturated carbocycles. The maximum atomic E-state index is 6.37. The van der Waals surface area contributed by atoms with Crippen LogP contribution in [0.5, 0.6) is 5.75 Å². The minimum atomic E-state index is 0.132. The van der Waals surface area contributed by atoms with Gasteiger partial charge in [-0.1, -0.05) is 32.0 Å². The molecule has 1 aliphatic heterocycles. The number of rotatable bonds is 1. The third kappa shape index (κ3) is 2.17. The van der Waals surface area contributed by atoms with Crippen LogP contribution in [0.4, 0.5) is 0 Å². The Morgan fingerprint density at radius 1 is 1.33 bits per heavy atom. The maximum absolute atomic E-state index is 6.37. The lowest BCUT2D eigenvalue weighted by Crippen LogP contribution is -2.28. The van der Waals surface area contributed by atoms with Gasteiger partial charge in [0.1, 0.15) is 17.4 Å². The molecule has 2 unspecified atom stereocenters. The van der Waals surface area contributed by atoms with Gasteiger partial charge in [0.15, 0.2) is 0 Å². The molecule has 3 nitrogen and oxygen atoms in total. The molecule has 1 aromatic carbocycles. The van der Waals surface area contributed by atoms with Gasteiger partial charge in [-0.15, -0.1) is 11.3 Å². The van der Waals surface area contributed by atoms with Crippen LogP contribution in [0.2, 0.25) is 0 Å². The normalized spacial score (nSPS) is 26.0. The maximum Gasteiger partial charge on any atom is 0.123 e. The molecular weight excluding hydrogens is 280 g/mol. The van der Waals surface area contributed by atoms with Gasteiger partial charge in [0.25, 0.3) is 0 Å². The Hall–Kier alpha value is -1.39. The van der Waals surface area contributed by atoms with E-state index in [1.54, 1.807) is 11.3 Å². The zero-order valence-electron chi connectivity index (χ0n) is 12.4. The van der Waals surface area contributed by atoms with Gasteiger partial charge in [-0.2, -0.15) is 0 Å². The molecule has 110 valence electrons. The van der Waals surface area contributed by atoms with E-state index in [9.17, 15) is 0 Å². The zero-order valence-corrected chi connectivity index (χ0v) is 13.2. The smallest absolute Gasteiger partial charge is 0.123 e. The molecule has 0 radical (unpaired) electrons. The molecule has 4 heteroatoms. The number of aromatic nitrogens is 1. The van der Waals surface area contributed by atoms with E-state index in [1.807, 2.05) is 12.1 Å². The van der Waals surface area contributed by atoms with Crippen molar-refractivity contribution in [3.63, 3.8) is 0 Å². The largest absolute Gasteiger partial charge is 0.492 e. The fourth-order valence-electron chi connectivity index (χ4n) is 3.53. The molecule has 1 aliphatic carbocycles. The number of thiazole rings is 1. The van der Waals surface area contributed by atoms with Crippen LogP contribution in [0.3, 0.4) is 0 Å². The average Bonchev–Trinajstić information content (AvgIpc) is 3.00. The van der Waals surface area contributed by atoms with Crippen LogP contribution in [-0.4, -0.2) is 11.6 Å². The van der Waals surface area contributed by atoms with Gasteiger partial charge in [0.05, 0.1) is 11.6 Å². The summed E-state index contributed by atoms with van der Waals surface area (Å²) in [6.07, 6.45) is 2.07. The van der Waals surface area contributed by atoms with Crippen molar-refractivity contribution in [3.8, 4) is 5.75 Å². The summed E-state index contributed by atoms with van der Waals surface area (Å²) < 4.78 is 5.80. The van der Waals surface area contributed by atoms with Crippen LogP contribution < -0.4 is 10.5 Å². The molecule has 2 aromatic rings. The molecular formula is C17H20N2OS. The number of nitrogens with zero attached hydrogens (tertiary/aromatic N) is 1. The van der Waals surface area contributed by atoms with Crippen molar-refractivity contribution in [2.45, 2.75) is 38.6 Å². The van der Waals surface area contributed by atoms with Gasteiger partial charge in [-0.05, 0) is 24.3 Å². The van der Waals surface area contributed by atoms with Crippen LogP contribution in [0, 0.1) is 5.41 Å². The molecule has 2 heterocycles. The first-order valence-electron chi connectivity index (χ1n) is 7.50. The monoisotopic (exact) mass is 300 g/mol. The number of benzene rings is 1. The minimum absolute atomic E-state index is 0.132. The van der Waals surface area contributed by atoms with Crippen LogP contribution in [-0.2, 0) is 6.42 Å². The highest BCUT2D eigenvalue weighted by Gasteiger charge is 2.35. The lowest BCUT2D eigenvalue weighted by atomic mass is 9.77. The Kier molecular flexibility index (Phi) is 2.88. The standard InChI is InChI=1S/C17H20N2OS/c1-17(2)7-12(18)15-13(8-17)19-16(21-15)11-9-20-14-6-4-3-5-10(11)14/h3-6,11-12H,7-9,18H2,1-2H3. The van der Waals surface area contributed by atoms with Crippen LogP contribution in [0.15, 0.2) is 24.3 Å². The second-order valence-electron chi connectivity index (χ2n) is 6.92. The first-order valence-corrected chi connectivity index (χ1v) is 8.32. The highest BCUT2D eigenvalue weighted by atomic mass is 32.1. The molecule has 1 aromatic heterocycles. The Balaban J connectivity index is 1.73. The fraction of sp³-hybridized carbons (Fsp3) is 0.471. The molecule has 0 spiro atoms. The summed E-state index contributed by atoms with van der Waals surface area (Å²) in [7, 11) is 0. The average molecular weight is 300 g/mol. The van der Waals surface area contributed by atoms with Gasteiger partial charge in [0.2, 0.25) is 0 Å². The van der Waals surface area contributed by atoms with Crippen molar-refractivity contribution in [2.24, 2.45) is 11.1 Å². The van der Waals surface area contributed by atoms with Crippen molar-refractivity contribution in [1.82, 2.24) is 4.98 Å². The van der Waals surface area contributed by atoms with E-state index in [0.717, 1.165) is 23.6 Å². The quantitative estimate of drug-likeness (QED) is 0.874. The van der Waals surface area contributed by atoms with E-state index >= 15 is 0 Å². The molecule has 2 N–H and O–H groups in total. The summed E-state index contributed by atoms with van der Waals surface area (Å²) in [5, 5.41) is 1.16. The van der Waals surface area contributed by atoms with Crippen molar-refractivity contribution in [3.05, 3.63) is 45.4 Å². The number of ether oxygens (including phenoxy) is 1. The lowest BCUT2D eigenvalue weighted by Gasteiger charge is -2.32. The molecule has 0 fully saturated rings. The van der Waals surface area contributed by atoms with E-state index < -0.39 is 0 Å². The van der Waals surface area contributed by atoms with E-state index in [1.165, 1.54) is 16.1 Å². The Labute approximate surface area is 129 Å². The Morgan fingerprint density at radius 3 is 3.00 bits per heavy atom. The molecule has 4 rings (SSSR count). The Morgan fingerprint density at radius 2 is 2.14 bits per heavy atom. The van der Waals surface area contributed by atoms with Crippen LogP contribution in [0.25, 0.3) is 0 Å². The first kappa shape index (κ1) is 13.3. The molecule has 2 atom stereocenters. The summed E-state index contributed by atoms with van der Waals surface area (Å²) in [6, 6.07) is 8.41. The third-order valence-electron chi connectivity index (χ3n) is 4.50. The van der Waals surface area contributed by atoms with Crippen LogP contribution >= 0.6 is 11.3 Å². The van der Waals surface area contributed by atoms with Gasteiger partial charge >= 0.3 is 0 Å². The van der Waals surface area contributed by atoms with Gasteiger partial charge < -0.3 is 10.5 Å². The highest BCUT2D eigenvalue weighted by Crippen LogP contribution is 2.45. The number of hydrogen-bond donors (Lipinski definition) is 1. The van der Waals surface area contributed by atoms with Crippen LogP contribution in [0.1, 0.15) is 53.4 Å². The van der Waals surface area contributed by atoms with Crippen molar-refractivity contribution < 1.29 is 4.74 Å². The second-order valence-corrected chi connectivity index (χ2v) is 7.98. The highest BCUT2D eigenvalue weighted by molar-refractivity contribution is 7.12. The van der Waals surface area contributed by atoms with Gasteiger partial charge in [-0.25, -0.2) is 4.98 Å². The summed E-state index contributed by atoms with van der Waals surface area (Å²) in [5.74, 6) is 1.27. The van der Waals surface area contributed by atoms with Crippen molar-refractivity contribution in [2.75, 3.05) is 6.61 Å². The SMILES string of the molecule is CC1(C)Cc2nc(C3COc4ccccc43)sc2C(N)C1. The number of hydrogen-bond acceptors (Lipinski definition) is 4. The topological polar surface area (TPSA) is 48.1 Å². The predicted octanol–water partition coefficient (Wildman–Crippen LogP) is 3.64. The van der Waals surface area contributed by atoms with Gasteiger partial charge in [-0.3, -0.25) is 0 Å².